The Balaban J connectivity index is 1.32. The van der Waals surface area contributed by atoms with E-state index in [0.717, 1.165) is 16.5 Å². The second-order valence-electron chi connectivity index (χ2n) is 9.60. The molecule has 0 saturated carbocycles. The maximum Gasteiger partial charge on any atom is 0.291 e. The number of ether oxygens (including phenoxy) is 1. The molecule has 5 aromatic rings. The summed E-state index contributed by atoms with van der Waals surface area (Å²) in [7, 11) is 0. The van der Waals surface area contributed by atoms with Crippen molar-refractivity contribution in [3.05, 3.63) is 126 Å². The number of aromatic hydroxyl groups is 1. The second-order valence-corrected chi connectivity index (χ2v) is 9.60. The number of carbonyl (C=O) groups excluding carboxylic acids is 2. The Kier molecular flexibility index (Phi) is 8.11. The van der Waals surface area contributed by atoms with E-state index < -0.39 is 5.91 Å². The SMILES string of the molecule is CC(CNC(=O)c1ccc(NC(=O)c2cc3ccccc3o2)c(OCCc2ccc(O)cc2)c1)c1ccccc1. The van der Waals surface area contributed by atoms with Gasteiger partial charge in [-0.15, -0.1) is 0 Å². The molecule has 0 radical (unpaired) electrons. The first kappa shape index (κ1) is 26.6. The molecule has 1 heterocycles. The van der Waals surface area contributed by atoms with Gasteiger partial charge in [0.2, 0.25) is 0 Å². The van der Waals surface area contributed by atoms with Crippen molar-refractivity contribution in [1.82, 2.24) is 5.32 Å². The van der Waals surface area contributed by atoms with E-state index in [1.165, 1.54) is 0 Å². The van der Waals surface area contributed by atoms with Gasteiger partial charge in [0.1, 0.15) is 17.1 Å². The van der Waals surface area contributed by atoms with Gasteiger partial charge in [-0.25, -0.2) is 0 Å². The number of phenols is 1. The molecule has 0 fully saturated rings. The third kappa shape index (κ3) is 6.50. The van der Waals surface area contributed by atoms with Crippen molar-refractivity contribution in [3.63, 3.8) is 0 Å². The van der Waals surface area contributed by atoms with E-state index in [1.54, 1.807) is 42.5 Å². The van der Waals surface area contributed by atoms with Crippen LogP contribution in [0.3, 0.4) is 0 Å². The van der Waals surface area contributed by atoms with Gasteiger partial charge in [0, 0.05) is 23.9 Å². The number of furan rings is 1. The molecule has 1 aromatic heterocycles. The van der Waals surface area contributed by atoms with Gasteiger partial charge in [0.25, 0.3) is 11.8 Å². The zero-order chi connectivity index (χ0) is 27.9. The molecule has 0 aliphatic heterocycles. The number of nitrogens with one attached hydrogen (secondary N) is 2. The summed E-state index contributed by atoms with van der Waals surface area (Å²) in [5.74, 6) is 0.226. The van der Waals surface area contributed by atoms with Gasteiger partial charge in [0.05, 0.1) is 12.3 Å². The van der Waals surface area contributed by atoms with Crippen LogP contribution in [-0.2, 0) is 6.42 Å². The lowest BCUT2D eigenvalue weighted by Gasteiger charge is -2.16. The Morgan fingerprint density at radius 3 is 2.40 bits per heavy atom. The molecule has 7 heteroatoms. The fourth-order valence-corrected chi connectivity index (χ4v) is 4.35. The molecule has 2 amide bonds. The lowest BCUT2D eigenvalue weighted by Crippen LogP contribution is -2.27. The molecule has 1 unspecified atom stereocenters. The molecular weight excluding hydrogens is 504 g/mol. The Morgan fingerprint density at radius 2 is 1.62 bits per heavy atom. The number of anilines is 1. The first-order valence-corrected chi connectivity index (χ1v) is 13.1. The number of benzene rings is 4. The van der Waals surface area contributed by atoms with Crippen LogP contribution in [0.15, 0.2) is 108 Å². The fourth-order valence-electron chi connectivity index (χ4n) is 4.35. The Bertz CT molecular complexity index is 1580. The number of rotatable bonds is 10. The molecular formula is C33H30N2O5. The van der Waals surface area contributed by atoms with Crippen LogP contribution in [0.25, 0.3) is 11.0 Å². The second kappa shape index (κ2) is 12.2. The summed E-state index contributed by atoms with van der Waals surface area (Å²) in [6.07, 6.45) is 0.572. The Hall–Kier alpha value is -5.04. The summed E-state index contributed by atoms with van der Waals surface area (Å²) in [6.45, 7) is 2.84. The van der Waals surface area contributed by atoms with Crippen molar-refractivity contribution < 1.29 is 23.8 Å². The van der Waals surface area contributed by atoms with E-state index in [4.69, 9.17) is 9.15 Å². The lowest BCUT2D eigenvalue weighted by molar-refractivity contribution is 0.0950. The minimum atomic E-state index is -0.423. The highest BCUT2D eigenvalue weighted by molar-refractivity contribution is 6.05. The summed E-state index contributed by atoms with van der Waals surface area (Å²) >= 11 is 0. The summed E-state index contributed by atoms with van der Waals surface area (Å²) < 4.78 is 11.8. The van der Waals surface area contributed by atoms with Gasteiger partial charge >= 0.3 is 0 Å². The van der Waals surface area contributed by atoms with Crippen LogP contribution < -0.4 is 15.4 Å². The number of phenolic OH excluding ortho intramolecular Hbond substituents is 1. The molecule has 1 atom stereocenters. The van der Waals surface area contributed by atoms with Crippen LogP contribution in [0.5, 0.6) is 11.5 Å². The van der Waals surface area contributed by atoms with Gasteiger partial charge in [-0.3, -0.25) is 9.59 Å². The molecule has 0 aliphatic rings. The normalized spacial score (nSPS) is 11.6. The standard InChI is InChI=1S/C33H30N2O5/c1-22(24-7-3-2-4-8-24)21-34-32(37)26-13-16-28(30(20-26)39-18-17-23-11-14-27(36)15-12-23)35-33(38)31-19-25-9-5-6-10-29(25)40-31/h2-16,19-20,22,36H,17-18,21H2,1H3,(H,34,37)(H,35,38). The highest BCUT2D eigenvalue weighted by Gasteiger charge is 2.17. The minimum Gasteiger partial charge on any atom is -0.508 e. The molecule has 0 bridgehead atoms. The van der Waals surface area contributed by atoms with Gasteiger partial charge in [-0.1, -0.05) is 67.6 Å². The molecule has 5 rings (SSSR count). The van der Waals surface area contributed by atoms with E-state index in [0.29, 0.717) is 42.2 Å². The monoisotopic (exact) mass is 534 g/mol. The summed E-state index contributed by atoms with van der Waals surface area (Å²) in [5.41, 5.74) is 3.58. The molecule has 0 saturated heterocycles. The highest BCUT2D eigenvalue weighted by Crippen LogP contribution is 2.28. The molecule has 3 N–H and O–H groups in total. The van der Waals surface area contributed by atoms with Crippen molar-refractivity contribution >= 4 is 28.5 Å². The zero-order valence-corrected chi connectivity index (χ0v) is 22.1. The topological polar surface area (TPSA) is 101 Å². The summed E-state index contributed by atoms with van der Waals surface area (Å²) in [5, 5.41) is 16.2. The first-order chi connectivity index (χ1) is 19.5. The maximum atomic E-state index is 13.0. The Labute approximate surface area is 232 Å². The quantitative estimate of drug-likeness (QED) is 0.189. The number of amides is 2. The number of hydrogen-bond acceptors (Lipinski definition) is 5. The predicted octanol–water partition coefficient (Wildman–Crippen LogP) is 6.55. The van der Waals surface area contributed by atoms with Crippen LogP contribution >= 0.6 is 0 Å². The van der Waals surface area contributed by atoms with Gasteiger partial charge < -0.3 is 24.9 Å². The number of fused-ring (bicyclic) bond motifs is 1. The van der Waals surface area contributed by atoms with Crippen LogP contribution in [-0.4, -0.2) is 30.1 Å². The highest BCUT2D eigenvalue weighted by atomic mass is 16.5. The van der Waals surface area contributed by atoms with E-state index in [-0.39, 0.29) is 23.3 Å². The average Bonchev–Trinajstić information content (AvgIpc) is 3.43. The molecule has 4 aromatic carbocycles. The van der Waals surface area contributed by atoms with E-state index in [1.807, 2.05) is 60.7 Å². The van der Waals surface area contributed by atoms with Crippen LogP contribution in [0.1, 0.15) is 44.9 Å². The van der Waals surface area contributed by atoms with Crippen molar-refractivity contribution in [1.29, 1.82) is 0 Å². The number of carbonyl (C=O) groups is 2. The number of para-hydroxylation sites is 1. The first-order valence-electron chi connectivity index (χ1n) is 13.1. The van der Waals surface area contributed by atoms with Crippen LogP contribution in [0.4, 0.5) is 5.69 Å². The third-order valence-corrected chi connectivity index (χ3v) is 6.66. The van der Waals surface area contributed by atoms with Crippen molar-refractivity contribution in [2.24, 2.45) is 0 Å². The molecule has 202 valence electrons. The average molecular weight is 535 g/mol. The summed E-state index contributed by atoms with van der Waals surface area (Å²) in [6, 6.07) is 30.9. The zero-order valence-electron chi connectivity index (χ0n) is 22.1. The smallest absolute Gasteiger partial charge is 0.291 e. The van der Waals surface area contributed by atoms with Crippen molar-refractivity contribution in [2.45, 2.75) is 19.3 Å². The van der Waals surface area contributed by atoms with Crippen molar-refractivity contribution in [3.8, 4) is 11.5 Å². The molecule has 0 spiro atoms. The molecule has 40 heavy (non-hydrogen) atoms. The van der Waals surface area contributed by atoms with E-state index in [9.17, 15) is 14.7 Å². The maximum absolute atomic E-state index is 13.0. The third-order valence-electron chi connectivity index (χ3n) is 6.66. The lowest BCUT2D eigenvalue weighted by atomic mass is 10.0. The van der Waals surface area contributed by atoms with Gasteiger partial charge in [0.15, 0.2) is 5.76 Å². The minimum absolute atomic E-state index is 0.147. The van der Waals surface area contributed by atoms with Crippen molar-refractivity contribution in [2.75, 3.05) is 18.5 Å². The Morgan fingerprint density at radius 1 is 0.875 bits per heavy atom. The van der Waals surface area contributed by atoms with Gasteiger partial charge in [-0.2, -0.15) is 0 Å². The molecule has 0 aliphatic carbocycles. The van der Waals surface area contributed by atoms with Crippen LogP contribution in [0.2, 0.25) is 0 Å². The molecule has 7 nitrogen and oxygen atoms in total. The summed E-state index contributed by atoms with van der Waals surface area (Å²) in [4.78, 5) is 26.1. The van der Waals surface area contributed by atoms with Gasteiger partial charge in [-0.05, 0) is 59.5 Å². The largest absolute Gasteiger partial charge is 0.508 e. The number of hydrogen-bond donors (Lipinski definition) is 3. The van der Waals surface area contributed by atoms with Crippen LogP contribution in [0, 0.1) is 0 Å². The van der Waals surface area contributed by atoms with E-state index >= 15 is 0 Å². The predicted molar refractivity (Wildman–Crippen MR) is 155 cm³/mol. The van der Waals surface area contributed by atoms with E-state index in [2.05, 4.69) is 17.6 Å². The fraction of sp³-hybridized carbons (Fsp3) is 0.152.